The summed E-state index contributed by atoms with van der Waals surface area (Å²) in [6.07, 6.45) is 0.426. The van der Waals surface area contributed by atoms with Crippen LogP contribution in [0.1, 0.15) is 40.8 Å². The molecule has 2 aromatic rings. The van der Waals surface area contributed by atoms with Gasteiger partial charge in [0.2, 0.25) is 0 Å². The van der Waals surface area contributed by atoms with Crippen LogP contribution in [0.25, 0.3) is 11.2 Å². The number of halogens is 1. The number of nitrogens with two attached hydrogens (primary N) is 1. The number of anilines is 1. The van der Waals surface area contributed by atoms with Crippen molar-refractivity contribution in [2.45, 2.75) is 83.1 Å². The Morgan fingerprint density at radius 3 is 2.57 bits per heavy atom. The third-order valence-electron chi connectivity index (χ3n) is 6.24. The van der Waals surface area contributed by atoms with E-state index >= 15 is 0 Å². The summed E-state index contributed by atoms with van der Waals surface area (Å²) in [5.41, 5.74) is 7.21. The van der Waals surface area contributed by atoms with Gasteiger partial charge in [0.15, 0.2) is 35.6 Å². The number of aromatic nitrogens is 4. The van der Waals surface area contributed by atoms with Gasteiger partial charge >= 0.3 is 0 Å². The first-order valence-corrected chi connectivity index (χ1v) is 14.1. The molecule has 30 heavy (non-hydrogen) atoms. The minimum Gasteiger partial charge on any atom is -0.414 e. The number of rotatable bonds is 4. The zero-order chi connectivity index (χ0) is 22.1. The third-order valence-corrected chi connectivity index (χ3v) is 11.2. The van der Waals surface area contributed by atoms with E-state index in [0.717, 1.165) is 0 Å². The van der Waals surface area contributed by atoms with Gasteiger partial charge in [0, 0.05) is 22.6 Å². The topological polar surface area (TPSA) is 107 Å². The molecule has 0 aliphatic carbocycles. The van der Waals surface area contributed by atoms with E-state index in [4.69, 9.17) is 24.4 Å². The van der Waals surface area contributed by atoms with Crippen LogP contribution in [0.5, 0.6) is 0 Å². The lowest BCUT2D eigenvalue weighted by atomic mass is 10.1. The van der Waals surface area contributed by atoms with Crippen LogP contribution in [0.15, 0.2) is 6.33 Å². The van der Waals surface area contributed by atoms with Crippen LogP contribution in [0.3, 0.4) is 0 Å². The van der Waals surface area contributed by atoms with Crippen molar-refractivity contribution in [3.05, 3.63) is 10.2 Å². The number of hydrogen-bond acceptors (Lipinski definition) is 8. The Balaban J connectivity index is 1.64. The molecule has 166 valence electrons. The second kappa shape index (κ2) is 7.34. The molecule has 2 N–H and O–H groups in total. The second-order valence-electron chi connectivity index (χ2n) is 9.90. The lowest BCUT2D eigenvalue weighted by Gasteiger charge is -2.37. The summed E-state index contributed by atoms with van der Waals surface area (Å²) in [5, 5.41) is 0.113. The van der Waals surface area contributed by atoms with Gasteiger partial charge in [-0.2, -0.15) is 0 Å². The number of nitrogens with zero attached hydrogens (tertiary/aromatic N) is 4. The van der Waals surface area contributed by atoms with E-state index < -0.39 is 20.3 Å². The van der Waals surface area contributed by atoms with Gasteiger partial charge < -0.3 is 24.4 Å². The first kappa shape index (κ1) is 22.3. The quantitative estimate of drug-likeness (QED) is 0.353. The van der Waals surface area contributed by atoms with Gasteiger partial charge in [-0.25, -0.2) is 15.0 Å². The molecule has 0 spiro atoms. The predicted octanol–water partition coefficient (Wildman–Crippen LogP) is 3.45. The Kier molecular flexibility index (Phi) is 5.46. The van der Waals surface area contributed by atoms with E-state index in [2.05, 4.69) is 48.8 Å². The summed E-state index contributed by atoms with van der Waals surface area (Å²) in [5.74, 6) is -0.356. The number of imidazole rings is 1. The normalized spacial score (nSPS) is 28.9. The highest BCUT2D eigenvalue weighted by Crippen LogP contribution is 2.45. The molecule has 2 aliphatic heterocycles. The largest absolute Gasteiger partial charge is 0.414 e. The molecular formula is C19H30IN5O4Si. The molecule has 4 rings (SSSR count). The number of nitrogen functional groups attached to an aromatic ring is 1. The average Bonchev–Trinajstić information content (AvgIpc) is 3.23. The van der Waals surface area contributed by atoms with E-state index in [1.807, 2.05) is 41.0 Å². The number of hydrogen-bond donors (Lipinski definition) is 1. The van der Waals surface area contributed by atoms with Crippen LogP contribution >= 0.6 is 22.6 Å². The molecular weight excluding hydrogens is 517 g/mol. The highest BCUT2D eigenvalue weighted by Gasteiger charge is 2.56. The van der Waals surface area contributed by atoms with Gasteiger partial charge in [-0.05, 0) is 32.0 Å². The van der Waals surface area contributed by atoms with Crippen molar-refractivity contribution >= 4 is 47.9 Å². The van der Waals surface area contributed by atoms with Crippen LogP contribution in [-0.4, -0.2) is 58.5 Å². The Hall–Kier alpha value is -0.863. The van der Waals surface area contributed by atoms with Gasteiger partial charge in [-0.3, -0.25) is 4.57 Å². The minimum atomic E-state index is -1.93. The number of fused-ring (bicyclic) bond motifs is 2. The van der Waals surface area contributed by atoms with Crippen molar-refractivity contribution in [1.29, 1.82) is 0 Å². The highest BCUT2D eigenvalue weighted by molar-refractivity contribution is 14.1. The molecule has 4 atom stereocenters. The second-order valence-corrected chi connectivity index (χ2v) is 15.7. The molecule has 0 aromatic carbocycles. The van der Waals surface area contributed by atoms with Crippen molar-refractivity contribution in [3.63, 3.8) is 0 Å². The van der Waals surface area contributed by atoms with Crippen molar-refractivity contribution in [3.8, 4) is 0 Å². The monoisotopic (exact) mass is 547 g/mol. The first-order valence-electron chi connectivity index (χ1n) is 10.1. The Bertz CT molecular complexity index is 960. The molecule has 2 fully saturated rings. The fourth-order valence-electron chi connectivity index (χ4n) is 3.62. The fourth-order valence-corrected chi connectivity index (χ4v) is 5.12. The molecule has 11 heteroatoms. The smallest absolute Gasteiger partial charge is 0.194 e. The highest BCUT2D eigenvalue weighted by atomic mass is 127. The maximum atomic E-state index is 6.45. The lowest BCUT2D eigenvalue weighted by Crippen LogP contribution is -2.44. The summed E-state index contributed by atoms with van der Waals surface area (Å²) in [7, 11) is -1.93. The molecule has 4 heterocycles. The number of ether oxygens (including phenoxy) is 3. The van der Waals surface area contributed by atoms with Crippen molar-refractivity contribution < 1.29 is 18.6 Å². The van der Waals surface area contributed by atoms with Gasteiger partial charge in [-0.15, -0.1) is 0 Å². The standard InChI is InChI=1S/C19H30IN5O4Si/c1-18(2,3)30(6,7)26-8-10-12-13(29-19(4,5)28-12)16(27-10)25-9-22-11-14(21)23-17(20)24-15(11)25/h9-10,12-13,16H,8H2,1-7H3,(H2,21,23,24)/t10-,12-,13+,16-/m1/s1. The van der Waals surface area contributed by atoms with E-state index in [9.17, 15) is 0 Å². The van der Waals surface area contributed by atoms with Crippen LogP contribution in [0.4, 0.5) is 5.82 Å². The molecule has 0 amide bonds. The van der Waals surface area contributed by atoms with Crippen molar-refractivity contribution in [2.24, 2.45) is 0 Å². The van der Waals surface area contributed by atoms with Gasteiger partial charge in [0.1, 0.15) is 23.8 Å². The summed E-state index contributed by atoms with van der Waals surface area (Å²) in [6.45, 7) is 15.4. The SMILES string of the molecule is CC1(C)O[C@H]2[C@H](O1)[C@@H](CO[Si](C)(C)C(C)(C)C)O[C@H]2n1cnc2c(N)nc(I)nc21. The lowest BCUT2D eigenvalue weighted by molar-refractivity contribution is -0.199. The minimum absolute atomic E-state index is 0.113. The Morgan fingerprint density at radius 1 is 1.23 bits per heavy atom. The molecule has 0 unspecified atom stereocenters. The van der Waals surface area contributed by atoms with E-state index in [-0.39, 0.29) is 23.4 Å². The Labute approximate surface area is 191 Å². The fraction of sp³-hybridized carbons (Fsp3) is 0.737. The summed E-state index contributed by atoms with van der Waals surface area (Å²) in [4.78, 5) is 13.1. The first-order chi connectivity index (χ1) is 13.8. The van der Waals surface area contributed by atoms with Crippen LogP contribution in [-0.2, 0) is 18.6 Å². The summed E-state index contributed by atoms with van der Waals surface area (Å²) < 4.78 is 27.7. The van der Waals surface area contributed by atoms with Gasteiger partial charge in [0.05, 0.1) is 12.9 Å². The maximum Gasteiger partial charge on any atom is 0.194 e. The Morgan fingerprint density at radius 2 is 1.90 bits per heavy atom. The van der Waals surface area contributed by atoms with Gasteiger partial charge in [0.25, 0.3) is 0 Å². The molecule has 2 aromatic heterocycles. The van der Waals surface area contributed by atoms with E-state index in [1.165, 1.54) is 0 Å². The molecule has 9 nitrogen and oxygen atoms in total. The van der Waals surface area contributed by atoms with Crippen LogP contribution in [0.2, 0.25) is 18.1 Å². The summed E-state index contributed by atoms with van der Waals surface area (Å²) in [6, 6.07) is 0. The predicted molar refractivity (Wildman–Crippen MR) is 123 cm³/mol. The van der Waals surface area contributed by atoms with Crippen molar-refractivity contribution in [1.82, 2.24) is 19.5 Å². The average molecular weight is 547 g/mol. The zero-order valence-electron chi connectivity index (χ0n) is 18.5. The third kappa shape index (κ3) is 3.88. The summed E-state index contributed by atoms with van der Waals surface area (Å²) >= 11 is 2.05. The van der Waals surface area contributed by atoms with E-state index in [1.54, 1.807) is 6.33 Å². The molecule has 2 aliphatic rings. The van der Waals surface area contributed by atoms with Crippen molar-refractivity contribution in [2.75, 3.05) is 12.3 Å². The molecule has 0 bridgehead atoms. The molecule has 0 saturated carbocycles. The van der Waals surface area contributed by atoms with Crippen LogP contribution in [0, 0.1) is 3.83 Å². The van der Waals surface area contributed by atoms with Gasteiger partial charge in [-0.1, -0.05) is 20.8 Å². The molecule has 0 radical (unpaired) electrons. The van der Waals surface area contributed by atoms with E-state index in [0.29, 0.717) is 27.4 Å². The maximum absolute atomic E-state index is 6.45. The zero-order valence-corrected chi connectivity index (χ0v) is 21.6. The molecule has 2 saturated heterocycles. The van der Waals surface area contributed by atoms with Crippen LogP contribution < -0.4 is 5.73 Å².